The minimum atomic E-state index is -4.50. The van der Waals surface area contributed by atoms with Crippen LogP contribution >= 0.6 is 11.3 Å². The van der Waals surface area contributed by atoms with Gasteiger partial charge in [-0.2, -0.15) is 13.2 Å². The van der Waals surface area contributed by atoms with Gasteiger partial charge in [0.05, 0.1) is 22.3 Å². The molecule has 2 heterocycles. The van der Waals surface area contributed by atoms with Gasteiger partial charge in [-0.25, -0.2) is 9.97 Å². The van der Waals surface area contributed by atoms with E-state index in [1.807, 2.05) is 0 Å². The zero-order chi connectivity index (χ0) is 19.0. The minimum absolute atomic E-state index is 0.0574. The third-order valence-electron chi connectivity index (χ3n) is 3.91. The van der Waals surface area contributed by atoms with E-state index in [2.05, 4.69) is 20.3 Å². The second-order valence-electron chi connectivity index (χ2n) is 5.66. The van der Waals surface area contributed by atoms with Crippen LogP contribution in [0.25, 0.3) is 22.4 Å². The van der Waals surface area contributed by atoms with Crippen molar-refractivity contribution in [2.45, 2.75) is 6.18 Å². The lowest BCUT2D eigenvalue weighted by atomic mass is 10.1. The summed E-state index contributed by atoms with van der Waals surface area (Å²) in [5.74, 6) is -0.336. The summed E-state index contributed by atoms with van der Waals surface area (Å²) in [6.07, 6.45) is -4.50. The van der Waals surface area contributed by atoms with Crippen molar-refractivity contribution < 1.29 is 18.0 Å². The number of nitrogens with zero attached hydrogens (tertiary/aromatic N) is 2. The van der Waals surface area contributed by atoms with Gasteiger partial charge in [0.1, 0.15) is 17.0 Å². The third-order valence-corrected chi connectivity index (χ3v) is 4.50. The average Bonchev–Trinajstić information content (AvgIpc) is 3.31. The van der Waals surface area contributed by atoms with E-state index in [9.17, 15) is 18.0 Å². The molecule has 0 fully saturated rings. The van der Waals surface area contributed by atoms with Crippen LogP contribution < -0.4 is 5.32 Å². The molecular weight excluding hydrogens is 377 g/mol. The van der Waals surface area contributed by atoms with Gasteiger partial charge in [-0.3, -0.25) is 4.79 Å². The molecule has 0 saturated heterocycles. The number of aromatic nitrogens is 3. The molecule has 1 amide bonds. The molecule has 0 aliphatic rings. The lowest BCUT2D eigenvalue weighted by Gasteiger charge is -2.10. The number of carbonyl (C=O) groups excluding carboxylic acids is 1. The van der Waals surface area contributed by atoms with Crippen LogP contribution in [0.15, 0.2) is 53.4 Å². The first-order valence-corrected chi connectivity index (χ1v) is 8.72. The van der Waals surface area contributed by atoms with E-state index in [0.29, 0.717) is 16.7 Å². The summed E-state index contributed by atoms with van der Waals surface area (Å²) in [6, 6.07) is 10.2. The first-order valence-electron chi connectivity index (χ1n) is 7.78. The topological polar surface area (TPSA) is 70.7 Å². The fourth-order valence-corrected chi connectivity index (χ4v) is 3.24. The predicted octanol–water partition coefficient (Wildman–Crippen LogP) is 4.96. The van der Waals surface area contributed by atoms with Gasteiger partial charge in [0.2, 0.25) is 0 Å². The normalized spacial score (nSPS) is 11.7. The molecule has 4 aromatic rings. The van der Waals surface area contributed by atoms with Crippen LogP contribution in [0.5, 0.6) is 0 Å². The Labute approximate surface area is 154 Å². The van der Waals surface area contributed by atoms with Gasteiger partial charge < -0.3 is 10.3 Å². The molecule has 0 radical (unpaired) electrons. The Morgan fingerprint density at radius 2 is 1.93 bits per heavy atom. The van der Waals surface area contributed by atoms with Gasteiger partial charge in [-0.15, -0.1) is 11.3 Å². The van der Waals surface area contributed by atoms with Crippen LogP contribution in [-0.2, 0) is 6.18 Å². The third kappa shape index (κ3) is 3.28. The highest BCUT2D eigenvalue weighted by Gasteiger charge is 2.34. The second-order valence-corrected chi connectivity index (χ2v) is 6.38. The lowest BCUT2D eigenvalue weighted by Crippen LogP contribution is -2.12. The summed E-state index contributed by atoms with van der Waals surface area (Å²) in [5.41, 5.74) is 2.23. The van der Waals surface area contributed by atoms with E-state index < -0.39 is 17.6 Å². The summed E-state index contributed by atoms with van der Waals surface area (Å²) >= 11 is 1.29. The quantitative estimate of drug-likeness (QED) is 0.521. The van der Waals surface area contributed by atoms with Crippen molar-refractivity contribution in [2.75, 3.05) is 5.32 Å². The van der Waals surface area contributed by atoms with E-state index in [1.54, 1.807) is 23.6 Å². The Bertz CT molecular complexity index is 1120. The smallest absolute Gasteiger partial charge is 0.338 e. The number of thiazole rings is 1. The highest BCUT2D eigenvalue weighted by Crippen LogP contribution is 2.37. The molecule has 0 bridgehead atoms. The summed E-state index contributed by atoms with van der Waals surface area (Å²) in [6.45, 7) is 0. The fraction of sp³-hybridized carbons (Fsp3) is 0.0556. The van der Waals surface area contributed by atoms with E-state index >= 15 is 0 Å². The lowest BCUT2D eigenvalue weighted by molar-refractivity contribution is -0.137. The first kappa shape index (κ1) is 17.2. The van der Waals surface area contributed by atoms with E-state index in [1.165, 1.54) is 35.0 Å². The Kier molecular flexibility index (Phi) is 4.15. The van der Waals surface area contributed by atoms with Crippen molar-refractivity contribution >= 4 is 34.0 Å². The van der Waals surface area contributed by atoms with Crippen LogP contribution in [0, 0.1) is 0 Å². The number of fused-ring (bicyclic) bond motifs is 1. The predicted molar refractivity (Wildman–Crippen MR) is 96.6 cm³/mol. The summed E-state index contributed by atoms with van der Waals surface area (Å²) in [5, 5.41) is 4.30. The summed E-state index contributed by atoms with van der Waals surface area (Å²) in [4.78, 5) is 23.4. The average molecular weight is 388 g/mol. The maximum absolute atomic E-state index is 13.3. The van der Waals surface area contributed by atoms with Gasteiger partial charge in [0.25, 0.3) is 5.91 Å². The van der Waals surface area contributed by atoms with Gasteiger partial charge >= 0.3 is 6.18 Å². The monoisotopic (exact) mass is 388 g/mol. The van der Waals surface area contributed by atoms with Crippen LogP contribution in [0.4, 0.5) is 18.9 Å². The number of halogens is 3. The minimum Gasteiger partial charge on any atom is -0.338 e. The fourth-order valence-electron chi connectivity index (χ4n) is 2.71. The van der Waals surface area contributed by atoms with E-state index in [4.69, 9.17) is 0 Å². The Hall–Kier alpha value is -3.20. The maximum atomic E-state index is 13.3. The van der Waals surface area contributed by atoms with Gasteiger partial charge in [-0.05, 0) is 18.2 Å². The van der Waals surface area contributed by atoms with Gasteiger partial charge in [0.15, 0.2) is 0 Å². The van der Waals surface area contributed by atoms with Crippen molar-refractivity contribution in [3.05, 3.63) is 64.6 Å². The van der Waals surface area contributed by atoms with Gasteiger partial charge in [-0.1, -0.05) is 24.3 Å². The molecule has 5 nitrogen and oxygen atoms in total. The van der Waals surface area contributed by atoms with Gasteiger partial charge in [0, 0.05) is 10.9 Å². The summed E-state index contributed by atoms with van der Waals surface area (Å²) in [7, 11) is 0. The summed E-state index contributed by atoms with van der Waals surface area (Å²) < 4.78 is 39.9. The largest absolute Gasteiger partial charge is 0.417 e. The molecule has 4 rings (SSSR count). The number of para-hydroxylation sites is 1. The van der Waals surface area contributed by atoms with Crippen LogP contribution in [0.3, 0.4) is 0 Å². The molecule has 0 unspecified atom stereocenters. The zero-order valence-corrected chi connectivity index (χ0v) is 14.4. The van der Waals surface area contributed by atoms with E-state index in [0.717, 1.165) is 6.07 Å². The molecular formula is C18H11F3N4OS. The van der Waals surface area contributed by atoms with E-state index in [-0.39, 0.29) is 17.1 Å². The molecule has 0 aliphatic carbocycles. The molecule has 9 heteroatoms. The molecule has 2 aromatic carbocycles. The standard InChI is InChI=1S/C18H11F3N4OS/c19-18(20,21)11-5-2-1-4-10(11)16-23-12-6-3-7-13(15(12)25-16)24-17(26)14-8-27-9-22-14/h1-9H,(H,23,25)(H,24,26). The van der Waals surface area contributed by atoms with Crippen molar-refractivity contribution in [3.63, 3.8) is 0 Å². The van der Waals surface area contributed by atoms with Crippen molar-refractivity contribution in [3.8, 4) is 11.4 Å². The van der Waals surface area contributed by atoms with Crippen LogP contribution in [0.2, 0.25) is 0 Å². The number of amides is 1. The number of rotatable bonds is 3. The maximum Gasteiger partial charge on any atom is 0.417 e. The van der Waals surface area contributed by atoms with Crippen molar-refractivity contribution in [1.29, 1.82) is 0 Å². The number of aromatic amines is 1. The van der Waals surface area contributed by atoms with Crippen molar-refractivity contribution in [1.82, 2.24) is 15.0 Å². The van der Waals surface area contributed by atoms with Crippen LogP contribution in [-0.4, -0.2) is 20.9 Å². The number of benzene rings is 2. The molecule has 0 saturated carbocycles. The number of alkyl halides is 3. The molecule has 0 spiro atoms. The Balaban J connectivity index is 1.77. The Morgan fingerprint density at radius 1 is 1.11 bits per heavy atom. The molecule has 136 valence electrons. The zero-order valence-electron chi connectivity index (χ0n) is 13.5. The Morgan fingerprint density at radius 3 is 2.67 bits per heavy atom. The number of hydrogen-bond acceptors (Lipinski definition) is 4. The highest BCUT2D eigenvalue weighted by molar-refractivity contribution is 7.07. The number of H-pyrrole nitrogens is 1. The second kappa shape index (κ2) is 6.51. The van der Waals surface area contributed by atoms with Crippen LogP contribution in [0.1, 0.15) is 16.1 Å². The molecule has 0 atom stereocenters. The number of nitrogens with one attached hydrogen (secondary N) is 2. The number of carbonyl (C=O) groups is 1. The van der Waals surface area contributed by atoms with Crippen molar-refractivity contribution in [2.24, 2.45) is 0 Å². The SMILES string of the molecule is O=C(Nc1cccc2[nH]c(-c3ccccc3C(F)(F)F)nc12)c1cscn1. The molecule has 0 aliphatic heterocycles. The molecule has 27 heavy (non-hydrogen) atoms. The molecule has 2 N–H and O–H groups in total. The molecule has 2 aromatic heterocycles. The number of anilines is 1. The number of hydrogen-bond donors (Lipinski definition) is 2. The number of imidazole rings is 1. The first-order chi connectivity index (χ1) is 12.9. The highest BCUT2D eigenvalue weighted by atomic mass is 32.1.